The minimum atomic E-state index is 0.618. The van der Waals surface area contributed by atoms with Crippen molar-refractivity contribution in [3.05, 3.63) is 46.6 Å². The number of allylic oxidation sites excluding steroid dienone is 7. The lowest BCUT2D eigenvalue weighted by molar-refractivity contribution is 0.654. The second-order valence-corrected chi connectivity index (χ2v) is 5.97. The second kappa shape index (κ2) is 5.94. The van der Waals surface area contributed by atoms with Gasteiger partial charge in [-0.15, -0.1) is 0 Å². The summed E-state index contributed by atoms with van der Waals surface area (Å²) in [5.41, 5.74) is 8.11. The molecule has 2 rings (SSSR count). The van der Waals surface area contributed by atoms with E-state index in [-0.39, 0.29) is 0 Å². The van der Waals surface area contributed by atoms with Gasteiger partial charge in [-0.3, -0.25) is 0 Å². The van der Waals surface area contributed by atoms with Crippen molar-refractivity contribution in [2.75, 3.05) is 0 Å². The molecular formula is C19H28. The molecule has 0 aliphatic heterocycles. The zero-order chi connectivity index (χ0) is 14.0. The van der Waals surface area contributed by atoms with Crippen LogP contribution in [0, 0.1) is 11.8 Å². The van der Waals surface area contributed by atoms with E-state index in [1.54, 1.807) is 22.3 Å². The molecule has 0 radical (unpaired) electrons. The summed E-state index contributed by atoms with van der Waals surface area (Å²) in [7, 11) is 0. The fourth-order valence-electron chi connectivity index (χ4n) is 3.92. The Kier molecular flexibility index (Phi) is 4.50. The Bertz CT molecular complexity index is 456. The highest BCUT2D eigenvalue weighted by atomic mass is 14.4. The van der Waals surface area contributed by atoms with E-state index in [4.69, 9.17) is 0 Å². The molecule has 2 atom stereocenters. The molecular weight excluding hydrogens is 228 g/mol. The SMILES string of the molecule is C=CC1=C(CCC)C2=C(C(CC)=CC(C)C2)C1CC. The van der Waals surface area contributed by atoms with Crippen molar-refractivity contribution >= 4 is 0 Å². The lowest BCUT2D eigenvalue weighted by Crippen LogP contribution is -2.10. The van der Waals surface area contributed by atoms with Crippen LogP contribution in [0.15, 0.2) is 46.6 Å². The van der Waals surface area contributed by atoms with Crippen LogP contribution >= 0.6 is 0 Å². The average molecular weight is 256 g/mol. The summed E-state index contributed by atoms with van der Waals surface area (Å²) in [4.78, 5) is 0. The molecule has 0 N–H and O–H groups in total. The minimum Gasteiger partial charge on any atom is -0.0988 e. The molecule has 2 unspecified atom stereocenters. The molecule has 0 amide bonds. The topological polar surface area (TPSA) is 0 Å². The van der Waals surface area contributed by atoms with Crippen molar-refractivity contribution in [3.63, 3.8) is 0 Å². The van der Waals surface area contributed by atoms with Crippen LogP contribution in [-0.4, -0.2) is 0 Å². The molecule has 0 saturated carbocycles. The number of hydrogen-bond donors (Lipinski definition) is 0. The predicted molar refractivity (Wildman–Crippen MR) is 85.1 cm³/mol. The van der Waals surface area contributed by atoms with Gasteiger partial charge in [0.05, 0.1) is 0 Å². The van der Waals surface area contributed by atoms with Gasteiger partial charge in [-0.25, -0.2) is 0 Å². The van der Waals surface area contributed by atoms with Crippen molar-refractivity contribution < 1.29 is 0 Å². The summed E-state index contributed by atoms with van der Waals surface area (Å²) in [6.45, 7) is 13.4. The van der Waals surface area contributed by atoms with Crippen molar-refractivity contribution in [3.8, 4) is 0 Å². The molecule has 104 valence electrons. The molecule has 0 heterocycles. The summed E-state index contributed by atoms with van der Waals surface area (Å²) in [5.74, 6) is 1.31. The first-order chi connectivity index (χ1) is 9.17. The Balaban J connectivity index is 2.52. The molecule has 0 fully saturated rings. The van der Waals surface area contributed by atoms with Crippen LogP contribution in [0.3, 0.4) is 0 Å². The van der Waals surface area contributed by atoms with Crippen LogP contribution in [0.25, 0.3) is 0 Å². The highest BCUT2D eigenvalue weighted by Crippen LogP contribution is 2.49. The molecule has 2 aliphatic rings. The van der Waals surface area contributed by atoms with Gasteiger partial charge < -0.3 is 0 Å². The fourth-order valence-corrected chi connectivity index (χ4v) is 3.92. The maximum atomic E-state index is 4.10. The summed E-state index contributed by atoms with van der Waals surface area (Å²) in [6.07, 6.45) is 10.7. The third kappa shape index (κ3) is 2.38. The average Bonchev–Trinajstić information content (AvgIpc) is 2.71. The third-order valence-corrected chi connectivity index (χ3v) is 4.63. The fraction of sp³-hybridized carbons (Fsp3) is 0.579. The van der Waals surface area contributed by atoms with Gasteiger partial charge in [-0.2, -0.15) is 0 Å². The summed E-state index contributed by atoms with van der Waals surface area (Å²) in [6, 6.07) is 0. The monoisotopic (exact) mass is 256 g/mol. The van der Waals surface area contributed by atoms with Gasteiger partial charge in [-0.1, -0.05) is 52.8 Å². The quantitative estimate of drug-likeness (QED) is 0.567. The molecule has 0 saturated heterocycles. The first-order valence-electron chi connectivity index (χ1n) is 7.97. The van der Waals surface area contributed by atoms with E-state index in [2.05, 4.69) is 46.4 Å². The first-order valence-corrected chi connectivity index (χ1v) is 7.97. The van der Waals surface area contributed by atoms with Crippen LogP contribution < -0.4 is 0 Å². The second-order valence-electron chi connectivity index (χ2n) is 5.97. The molecule has 0 spiro atoms. The summed E-state index contributed by atoms with van der Waals surface area (Å²) in [5, 5.41) is 0. The molecule has 0 heteroatoms. The van der Waals surface area contributed by atoms with Gasteiger partial charge in [0.15, 0.2) is 0 Å². The third-order valence-electron chi connectivity index (χ3n) is 4.63. The van der Waals surface area contributed by atoms with E-state index < -0.39 is 0 Å². The maximum Gasteiger partial charge on any atom is 0.00947 e. The molecule has 19 heavy (non-hydrogen) atoms. The molecule has 0 aromatic rings. The molecule has 0 nitrogen and oxygen atoms in total. The predicted octanol–water partition coefficient (Wildman–Crippen LogP) is 5.98. The van der Waals surface area contributed by atoms with Crippen molar-refractivity contribution in [2.24, 2.45) is 11.8 Å². The molecule has 2 aliphatic carbocycles. The normalized spacial score (nSPS) is 26.6. The Hall–Kier alpha value is -1.04. The Morgan fingerprint density at radius 2 is 2.05 bits per heavy atom. The lowest BCUT2D eigenvalue weighted by Gasteiger charge is -2.25. The van der Waals surface area contributed by atoms with Gasteiger partial charge in [0.25, 0.3) is 0 Å². The number of hydrogen-bond acceptors (Lipinski definition) is 0. The van der Waals surface area contributed by atoms with E-state index in [9.17, 15) is 0 Å². The Morgan fingerprint density at radius 1 is 1.32 bits per heavy atom. The summed E-state index contributed by atoms with van der Waals surface area (Å²) < 4.78 is 0. The van der Waals surface area contributed by atoms with Crippen LogP contribution in [-0.2, 0) is 0 Å². The molecule has 0 aromatic carbocycles. The van der Waals surface area contributed by atoms with E-state index in [0.29, 0.717) is 11.8 Å². The van der Waals surface area contributed by atoms with Crippen molar-refractivity contribution in [2.45, 2.75) is 59.8 Å². The Labute approximate surface area is 119 Å². The van der Waals surface area contributed by atoms with Crippen LogP contribution in [0.4, 0.5) is 0 Å². The molecule has 0 aromatic heterocycles. The standard InChI is InChI=1S/C19H28/c1-6-10-17-15(8-3)16(9-4)19-14(7-2)11-13(5)12-18(17)19/h8,11,13,16H,3,6-7,9-10,12H2,1-2,4-5H3. The lowest BCUT2D eigenvalue weighted by atomic mass is 9.80. The van der Waals surface area contributed by atoms with Gasteiger partial charge >= 0.3 is 0 Å². The van der Waals surface area contributed by atoms with E-state index in [1.807, 2.05) is 0 Å². The molecule has 0 bridgehead atoms. The highest BCUT2D eigenvalue weighted by molar-refractivity contribution is 5.61. The van der Waals surface area contributed by atoms with Crippen molar-refractivity contribution in [1.29, 1.82) is 0 Å². The van der Waals surface area contributed by atoms with Crippen LogP contribution in [0.1, 0.15) is 59.8 Å². The Morgan fingerprint density at radius 3 is 2.58 bits per heavy atom. The summed E-state index contributed by atoms with van der Waals surface area (Å²) >= 11 is 0. The smallest absolute Gasteiger partial charge is 0.00947 e. The zero-order valence-electron chi connectivity index (χ0n) is 13.1. The van der Waals surface area contributed by atoms with Crippen molar-refractivity contribution in [1.82, 2.24) is 0 Å². The minimum absolute atomic E-state index is 0.618. The van der Waals surface area contributed by atoms with Gasteiger partial charge in [0, 0.05) is 5.92 Å². The van der Waals surface area contributed by atoms with Gasteiger partial charge in [-0.05, 0) is 59.5 Å². The first kappa shape index (κ1) is 14.4. The van der Waals surface area contributed by atoms with Crippen LogP contribution in [0.5, 0.6) is 0 Å². The van der Waals surface area contributed by atoms with Crippen LogP contribution in [0.2, 0.25) is 0 Å². The van der Waals surface area contributed by atoms with E-state index >= 15 is 0 Å². The van der Waals surface area contributed by atoms with E-state index in [1.165, 1.54) is 37.7 Å². The highest BCUT2D eigenvalue weighted by Gasteiger charge is 2.34. The maximum absolute atomic E-state index is 4.10. The van der Waals surface area contributed by atoms with Gasteiger partial charge in [0.1, 0.15) is 0 Å². The van der Waals surface area contributed by atoms with Gasteiger partial charge in [0.2, 0.25) is 0 Å². The number of rotatable bonds is 5. The zero-order valence-corrected chi connectivity index (χ0v) is 13.1. The van der Waals surface area contributed by atoms with E-state index in [0.717, 1.165) is 0 Å². The largest absolute Gasteiger partial charge is 0.0988 e.